The van der Waals surface area contributed by atoms with Crippen molar-refractivity contribution >= 4 is 5.84 Å². The van der Waals surface area contributed by atoms with Crippen molar-refractivity contribution in [2.45, 2.75) is 12.8 Å². The minimum Gasteiger partial charge on any atom is -0.385 e. The summed E-state index contributed by atoms with van der Waals surface area (Å²) in [6.45, 7) is 0.707. The van der Waals surface area contributed by atoms with E-state index in [4.69, 9.17) is 10.00 Å². The molecule has 0 aromatic carbocycles. The van der Waals surface area contributed by atoms with Gasteiger partial charge in [0.1, 0.15) is 5.84 Å². The molecule has 0 unspecified atom stereocenters. The van der Waals surface area contributed by atoms with E-state index in [1.165, 1.54) is 0 Å². The van der Waals surface area contributed by atoms with Crippen molar-refractivity contribution in [3.05, 3.63) is 0 Å². The maximum Gasteiger partial charge on any atom is 0.207 e. The minimum atomic E-state index is 0.707. The molecule has 4 nitrogen and oxygen atoms in total. The average Bonchev–Trinajstić information content (AvgIpc) is 2.03. The number of nitrogens with zero attached hydrogens (tertiary/aromatic N) is 3. The van der Waals surface area contributed by atoms with Gasteiger partial charge in [0.2, 0.25) is 6.19 Å². The molecule has 4 heteroatoms. The molecule has 0 aliphatic heterocycles. The fourth-order valence-electron chi connectivity index (χ4n) is 0.812. The van der Waals surface area contributed by atoms with Crippen molar-refractivity contribution in [3.63, 3.8) is 0 Å². The second kappa shape index (κ2) is 6.62. The fraction of sp³-hybridized carbons (Fsp3) is 0.750. The molecule has 0 aliphatic carbocycles. The molecule has 0 bridgehead atoms. The lowest BCUT2D eigenvalue weighted by Gasteiger charge is -2.13. The van der Waals surface area contributed by atoms with Crippen molar-refractivity contribution in [1.29, 1.82) is 5.26 Å². The predicted octanol–water partition coefficient (Wildman–Crippen LogP) is 0.854. The maximum absolute atomic E-state index is 8.35. The van der Waals surface area contributed by atoms with Gasteiger partial charge in [-0.15, -0.1) is 0 Å². The Bertz CT molecular complexity index is 181. The normalized spacial score (nSPS) is 11.0. The van der Waals surface area contributed by atoms with Crippen molar-refractivity contribution in [2.75, 3.05) is 27.8 Å². The van der Waals surface area contributed by atoms with Crippen LogP contribution in [0.1, 0.15) is 12.8 Å². The van der Waals surface area contributed by atoms with Gasteiger partial charge in [-0.2, -0.15) is 10.3 Å². The highest BCUT2D eigenvalue weighted by Gasteiger charge is 2.00. The second-order valence-electron chi connectivity index (χ2n) is 2.62. The molecule has 0 heterocycles. The Morgan fingerprint density at radius 2 is 2.25 bits per heavy atom. The standard InChI is InChI=1S/C8H15N3O/c1-11(2)8(10-7-9)5-4-6-12-3/h4-6H2,1-3H3. The zero-order valence-electron chi connectivity index (χ0n) is 7.87. The molecule has 0 aromatic rings. The molecule has 0 fully saturated rings. The number of nitriles is 1. The van der Waals surface area contributed by atoms with E-state index in [-0.39, 0.29) is 0 Å². The topological polar surface area (TPSA) is 48.6 Å². The highest BCUT2D eigenvalue weighted by Crippen LogP contribution is 1.96. The van der Waals surface area contributed by atoms with Gasteiger partial charge in [0.25, 0.3) is 0 Å². The van der Waals surface area contributed by atoms with Crippen LogP contribution in [0.4, 0.5) is 0 Å². The molecule has 0 aromatic heterocycles. The molecular weight excluding hydrogens is 154 g/mol. The number of hydrogen-bond acceptors (Lipinski definition) is 3. The Morgan fingerprint density at radius 1 is 1.58 bits per heavy atom. The smallest absolute Gasteiger partial charge is 0.207 e. The lowest BCUT2D eigenvalue weighted by Crippen LogP contribution is -2.21. The first-order valence-corrected chi connectivity index (χ1v) is 3.84. The number of ether oxygens (including phenoxy) is 1. The Morgan fingerprint density at radius 3 is 2.67 bits per heavy atom. The quantitative estimate of drug-likeness (QED) is 0.271. The molecule has 0 radical (unpaired) electrons. The van der Waals surface area contributed by atoms with Crippen LogP contribution in [-0.2, 0) is 4.74 Å². The molecule has 0 spiro atoms. The molecule has 0 amide bonds. The van der Waals surface area contributed by atoms with Crippen molar-refractivity contribution < 1.29 is 4.74 Å². The van der Waals surface area contributed by atoms with Gasteiger partial charge in [0.05, 0.1) is 0 Å². The van der Waals surface area contributed by atoms with Gasteiger partial charge in [0.15, 0.2) is 0 Å². The van der Waals surface area contributed by atoms with Crippen LogP contribution < -0.4 is 0 Å². The first-order valence-electron chi connectivity index (χ1n) is 3.84. The summed E-state index contributed by atoms with van der Waals surface area (Å²) in [7, 11) is 5.42. The van der Waals surface area contributed by atoms with E-state index in [2.05, 4.69) is 4.99 Å². The maximum atomic E-state index is 8.35. The molecule has 12 heavy (non-hydrogen) atoms. The van der Waals surface area contributed by atoms with Crippen LogP contribution in [0.15, 0.2) is 4.99 Å². The van der Waals surface area contributed by atoms with E-state index < -0.39 is 0 Å². The Labute approximate surface area is 73.5 Å². The van der Waals surface area contributed by atoms with E-state index in [1.807, 2.05) is 19.0 Å². The second-order valence-corrected chi connectivity index (χ2v) is 2.62. The summed E-state index contributed by atoms with van der Waals surface area (Å²) in [5.74, 6) is 0.801. The summed E-state index contributed by atoms with van der Waals surface area (Å²) in [5.41, 5.74) is 0. The fourth-order valence-corrected chi connectivity index (χ4v) is 0.812. The third kappa shape index (κ3) is 4.69. The molecule has 0 saturated heterocycles. The van der Waals surface area contributed by atoms with Gasteiger partial charge in [-0.3, -0.25) is 0 Å². The third-order valence-corrected chi connectivity index (χ3v) is 1.44. The van der Waals surface area contributed by atoms with Gasteiger partial charge in [-0.05, 0) is 6.42 Å². The number of amidine groups is 1. The zero-order valence-corrected chi connectivity index (χ0v) is 7.87. The first-order chi connectivity index (χ1) is 5.72. The van der Waals surface area contributed by atoms with E-state index in [9.17, 15) is 0 Å². The Hall–Kier alpha value is -1.08. The van der Waals surface area contributed by atoms with Crippen LogP contribution >= 0.6 is 0 Å². The van der Waals surface area contributed by atoms with Crippen LogP contribution in [0.5, 0.6) is 0 Å². The highest BCUT2D eigenvalue weighted by atomic mass is 16.5. The predicted molar refractivity (Wildman–Crippen MR) is 47.8 cm³/mol. The van der Waals surface area contributed by atoms with Gasteiger partial charge in [-0.25, -0.2) is 0 Å². The first kappa shape index (κ1) is 10.9. The molecule has 0 saturated carbocycles. The van der Waals surface area contributed by atoms with E-state index in [1.54, 1.807) is 13.3 Å². The molecule has 68 valence electrons. The largest absolute Gasteiger partial charge is 0.385 e. The van der Waals surface area contributed by atoms with E-state index >= 15 is 0 Å². The van der Waals surface area contributed by atoms with Crippen LogP contribution in [-0.4, -0.2) is 38.5 Å². The van der Waals surface area contributed by atoms with Gasteiger partial charge in [0, 0.05) is 34.2 Å². The number of hydrogen-bond donors (Lipinski definition) is 0. The SMILES string of the molecule is COCCCC(=NC#N)N(C)C. The van der Waals surface area contributed by atoms with Crippen molar-refractivity contribution in [2.24, 2.45) is 4.99 Å². The number of aliphatic imine (C=N–C) groups is 1. The van der Waals surface area contributed by atoms with Gasteiger partial charge >= 0.3 is 0 Å². The van der Waals surface area contributed by atoms with Crippen molar-refractivity contribution in [1.82, 2.24) is 4.90 Å². The van der Waals surface area contributed by atoms with E-state index in [0.717, 1.165) is 18.7 Å². The Balaban J connectivity index is 3.83. The summed E-state index contributed by atoms with van der Waals surface area (Å²) in [6, 6.07) is 0. The Kier molecular flexibility index (Phi) is 6.02. The minimum absolute atomic E-state index is 0.707. The molecule has 0 atom stereocenters. The van der Waals surface area contributed by atoms with Gasteiger partial charge in [-0.1, -0.05) is 0 Å². The van der Waals surface area contributed by atoms with Crippen LogP contribution in [0.3, 0.4) is 0 Å². The lowest BCUT2D eigenvalue weighted by molar-refractivity contribution is 0.196. The monoisotopic (exact) mass is 169 g/mol. The summed E-state index contributed by atoms with van der Waals surface area (Å²) < 4.78 is 4.89. The van der Waals surface area contributed by atoms with Crippen LogP contribution in [0, 0.1) is 11.5 Å². The van der Waals surface area contributed by atoms with Crippen LogP contribution in [0.25, 0.3) is 0 Å². The molecule has 0 rings (SSSR count). The molecule has 0 aliphatic rings. The summed E-state index contributed by atoms with van der Waals surface area (Å²) >= 11 is 0. The lowest BCUT2D eigenvalue weighted by atomic mass is 10.3. The highest BCUT2D eigenvalue weighted by molar-refractivity contribution is 5.82. The van der Waals surface area contributed by atoms with Gasteiger partial charge < -0.3 is 9.64 Å². The van der Waals surface area contributed by atoms with Crippen LogP contribution in [0.2, 0.25) is 0 Å². The number of methoxy groups -OCH3 is 1. The average molecular weight is 169 g/mol. The summed E-state index contributed by atoms with van der Waals surface area (Å²) in [6.07, 6.45) is 3.47. The summed E-state index contributed by atoms with van der Waals surface area (Å²) in [5, 5.41) is 8.35. The molecular formula is C8H15N3O. The van der Waals surface area contributed by atoms with E-state index in [0.29, 0.717) is 6.61 Å². The zero-order chi connectivity index (χ0) is 9.40. The number of rotatable bonds is 4. The third-order valence-electron chi connectivity index (χ3n) is 1.44. The molecule has 0 N–H and O–H groups in total. The summed E-state index contributed by atoms with van der Waals surface area (Å²) in [4.78, 5) is 5.53. The van der Waals surface area contributed by atoms with Crippen molar-refractivity contribution in [3.8, 4) is 6.19 Å².